The summed E-state index contributed by atoms with van der Waals surface area (Å²) in [6, 6.07) is 9.51. The maximum absolute atomic E-state index is 12.3. The number of hydrogen-bond acceptors (Lipinski definition) is 3. The molecule has 4 heteroatoms. The van der Waals surface area contributed by atoms with Crippen molar-refractivity contribution in [1.82, 2.24) is 10.3 Å². The monoisotopic (exact) mass is 298 g/mol. The predicted molar refractivity (Wildman–Crippen MR) is 86.9 cm³/mol. The number of fused-ring (bicyclic) bond motifs is 1. The first-order valence-electron chi connectivity index (χ1n) is 8.08. The average molecular weight is 298 g/mol. The highest BCUT2D eigenvalue weighted by Gasteiger charge is 2.14. The summed E-state index contributed by atoms with van der Waals surface area (Å²) in [5, 5.41) is 3.91. The highest BCUT2D eigenvalue weighted by atomic mass is 16.5. The molecule has 116 valence electrons. The molecule has 1 saturated heterocycles. The fourth-order valence-corrected chi connectivity index (χ4v) is 2.96. The Morgan fingerprint density at radius 2 is 2.18 bits per heavy atom. The quantitative estimate of drug-likeness (QED) is 0.832. The lowest BCUT2D eigenvalue weighted by atomic mass is 10.1. The van der Waals surface area contributed by atoms with Crippen LogP contribution in [0.15, 0.2) is 36.5 Å². The second-order valence-corrected chi connectivity index (χ2v) is 5.76. The molecule has 0 bridgehead atoms. The molecule has 1 aromatic heterocycles. The van der Waals surface area contributed by atoms with Crippen LogP contribution in [-0.2, 0) is 4.74 Å². The van der Waals surface area contributed by atoms with Crippen LogP contribution in [0.2, 0.25) is 0 Å². The van der Waals surface area contributed by atoms with Gasteiger partial charge in [-0.25, -0.2) is 0 Å². The van der Waals surface area contributed by atoms with E-state index in [-0.39, 0.29) is 5.91 Å². The Labute approximate surface area is 130 Å². The van der Waals surface area contributed by atoms with Crippen molar-refractivity contribution < 1.29 is 9.53 Å². The molecule has 1 atom stereocenters. The minimum absolute atomic E-state index is 0.0179. The zero-order valence-corrected chi connectivity index (χ0v) is 12.8. The summed E-state index contributed by atoms with van der Waals surface area (Å²) in [4.78, 5) is 16.6. The minimum Gasteiger partial charge on any atom is -0.378 e. The first-order valence-corrected chi connectivity index (χ1v) is 8.08. The Morgan fingerprint density at radius 1 is 1.27 bits per heavy atom. The molecule has 0 unspecified atom stereocenters. The number of ether oxygens (including phenoxy) is 1. The van der Waals surface area contributed by atoms with Crippen LogP contribution in [0.1, 0.15) is 42.5 Å². The third-order valence-corrected chi connectivity index (χ3v) is 4.16. The number of hydrogen-bond donors (Lipinski definition) is 1. The molecule has 3 rings (SSSR count). The summed E-state index contributed by atoms with van der Waals surface area (Å²) in [6.07, 6.45) is 7.71. The van der Waals surface area contributed by atoms with Crippen molar-refractivity contribution in [1.29, 1.82) is 0 Å². The Kier molecular flexibility index (Phi) is 5.01. The largest absolute Gasteiger partial charge is 0.378 e. The van der Waals surface area contributed by atoms with Gasteiger partial charge in [-0.05, 0) is 44.2 Å². The summed E-state index contributed by atoms with van der Waals surface area (Å²) < 4.78 is 5.60. The lowest BCUT2D eigenvalue weighted by Crippen LogP contribution is -2.24. The van der Waals surface area contributed by atoms with E-state index in [0.29, 0.717) is 18.2 Å². The van der Waals surface area contributed by atoms with Crippen LogP contribution in [0.25, 0.3) is 10.9 Å². The van der Waals surface area contributed by atoms with E-state index in [9.17, 15) is 4.79 Å². The van der Waals surface area contributed by atoms with Gasteiger partial charge in [-0.15, -0.1) is 0 Å². The molecular formula is C18H22N2O2. The zero-order chi connectivity index (χ0) is 15.2. The van der Waals surface area contributed by atoms with Crippen LogP contribution < -0.4 is 5.32 Å². The molecule has 4 nitrogen and oxygen atoms in total. The molecular weight excluding hydrogens is 276 g/mol. The topological polar surface area (TPSA) is 51.2 Å². The number of unbranched alkanes of at least 4 members (excludes halogenated alkanes) is 1. The van der Waals surface area contributed by atoms with Crippen molar-refractivity contribution in [2.75, 3.05) is 13.2 Å². The van der Waals surface area contributed by atoms with Gasteiger partial charge in [0.05, 0.1) is 17.2 Å². The number of carbonyl (C=O) groups is 1. The lowest BCUT2D eigenvalue weighted by Gasteiger charge is -2.10. The van der Waals surface area contributed by atoms with Crippen LogP contribution in [0, 0.1) is 0 Å². The van der Waals surface area contributed by atoms with Gasteiger partial charge >= 0.3 is 0 Å². The molecule has 22 heavy (non-hydrogen) atoms. The van der Waals surface area contributed by atoms with Crippen LogP contribution in [-0.4, -0.2) is 30.1 Å². The van der Waals surface area contributed by atoms with E-state index < -0.39 is 0 Å². The summed E-state index contributed by atoms with van der Waals surface area (Å²) in [5.41, 5.74) is 1.55. The molecule has 2 heterocycles. The molecule has 1 aliphatic heterocycles. The predicted octanol–water partition coefficient (Wildman–Crippen LogP) is 3.31. The third-order valence-electron chi connectivity index (χ3n) is 4.16. The average Bonchev–Trinajstić information content (AvgIpc) is 3.07. The van der Waals surface area contributed by atoms with Crippen LogP contribution in [0.4, 0.5) is 0 Å². The molecule has 0 radical (unpaired) electrons. The number of pyridine rings is 1. The molecule has 1 aliphatic rings. The summed E-state index contributed by atoms with van der Waals surface area (Å²) >= 11 is 0. The highest BCUT2D eigenvalue weighted by Crippen LogP contribution is 2.18. The van der Waals surface area contributed by atoms with Crippen molar-refractivity contribution in [2.45, 2.75) is 38.2 Å². The van der Waals surface area contributed by atoms with Gasteiger partial charge in [-0.3, -0.25) is 9.78 Å². The molecule has 0 saturated carbocycles. The van der Waals surface area contributed by atoms with Gasteiger partial charge in [0.1, 0.15) is 0 Å². The SMILES string of the molecule is O=C(NCCCC[C@@H]1CCCO1)c1ccnc2ccccc12. The molecule has 1 aromatic carbocycles. The van der Waals surface area contributed by atoms with Crippen LogP contribution >= 0.6 is 0 Å². The number of aromatic nitrogens is 1. The maximum Gasteiger partial charge on any atom is 0.252 e. The number of rotatable bonds is 6. The Hall–Kier alpha value is -1.94. The van der Waals surface area contributed by atoms with Gasteiger partial charge in [-0.2, -0.15) is 0 Å². The second-order valence-electron chi connectivity index (χ2n) is 5.76. The van der Waals surface area contributed by atoms with Crippen molar-refractivity contribution in [3.05, 3.63) is 42.1 Å². The van der Waals surface area contributed by atoms with Gasteiger partial charge in [-0.1, -0.05) is 18.2 Å². The zero-order valence-electron chi connectivity index (χ0n) is 12.8. The van der Waals surface area contributed by atoms with Crippen LogP contribution in [0.5, 0.6) is 0 Å². The summed E-state index contributed by atoms with van der Waals surface area (Å²) in [5.74, 6) is -0.0179. The standard InChI is InChI=1S/C18H22N2O2/c21-18(20-11-4-3-6-14-7-5-13-22-14)16-10-12-19-17-9-2-1-8-15(16)17/h1-2,8-10,12,14H,3-7,11,13H2,(H,20,21)/t14-/m1/s1. The second kappa shape index (κ2) is 7.36. The number of amides is 1. The van der Waals surface area contributed by atoms with Gasteiger partial charge < -0.3 is 10.1 Å². The molecule has 1 N–H and O–H groups in total. The molecule has 2 aromatic rings. The van der Waals surface area contributed by atoms with E-state index in [0.717, 1.165) is 36.8 Å². The molecule has 1 amide bonds. The number of nitrogens with zero attached hydrogens (tertiary/aromatic N) is 1. The molecule has 1 fully saturated rings. The van der Waals surface area contributed by atoms with Crippen molar-refractivity contribution in [3.63, 3.8) is 0 Å². The first kappa shape index (κ1) is 15.0. The normalized spacial score (nSPS) is 17.7. The lowest BCUT2D eigenvalue weighted by molar-refractivity contribution is 0.0948. The number of para-hydroxylation sites is 1. The van der Waals surface area contributed by atoms with Crippen LogP contribution in [0.3, 0.4) is 0 Å². The van der Waals surface area contributed by atoms with E-state index >= 15 is 0 Å². The van der Waals surface area contributed by atoms with Crippen molar-refractivity contribution in [3.8, 4) is 0 Å². The van der Waals surface area contributed by atoms with E-state index in [1.165, 1.54) is 12.8 Å². The Morgan fingerprint density at radius 3 is 3.05 bits per heavy atom. The van der Waals surface area contributed by atoms with E-state index in [4.69, 9.17) is 4.74 Å². The van der Waals surface area contributed by atoms with Gasteiger partial charge in [0.25, 0.3) is 5.91 Å². The van der Waals surface area contributed by atoms with E-state index in [1.807, 2.05) is 24.3 Å². The van der Waals surface area contributed by atoms with Gasteiger partial charge in [0, 0.05) is 24.7 Å². The number of nitrogens with one attached hydrogen (secondary N) is 1. The van der Waals surface area contributed by atoms with Crippen molar-refractivity contribution >= 4 is 16.8 Å². The molecule has 0 aliphatic carbocycles. The number of carbonyl (C=O) groups excluding carboxylic acids is 1. The Bertz CT molecular complexity index is 631. The van der Waals surface area contributed by atoms with Gasteiger partial charge in [0.2, 0.25) is 0 Å². The van der Waals surface area contributed by atoms with Crippen molar-refractivity contribution in [2.24, 2.45) is 0 Å². The van der Waals surface area contributed by atoms with Gasteiger partial charge in [0.15, 0.2) is 0 Å². The first-order chi connectivity index (χ1) is 10.8. The van der Waals surface area contributed by atoms with E-state index in [1.54, 1.807) is 12.3 Å². The number of benzene rings is 1. The smallest absolute Gasteiger partial charge is 0.252 e. The fraction of sp³-hybridized carbons (Fsp3) is 0.444. The Balaban J connectivity index is 1.48. The summed E-state index contributed by atoms with van der Waals surface area (Å²) in [6.45, 7) is 1.62. The molecule has 0 spiro atoms. The minimum atomic E-state index is -0.0179. The maximum atomic E-state index is 12.3. The fourth-order valence-electron chi connectivity index (χ4n) is 2.96. The third kappa shape index (κ3) is 3.63. The summed E-state index contributed by atoms with van der Waals surface area (Å²) in [7, 11) is 0. The highest BCUT2D eigenvalue weighted by molar-refractivity contribution is 6.05. The van der Waals surface area contributed by atoms with E-state index in [2.05, 4.69) is 10.3 Å².